The van der Waals surface area contributed by atoms with Crippen LogP contribution in [0.25, 0.3) is 0 Å². The Labute approximate surface area is 185 Å². The number of benzene rings is 1. The molecule has 1 saturated heterocycles. The van der Waals surface area contributed by atoms with E-state index in [9.17, 15) is 9.59 Å². The summed E-state index contributed by atoms with van der Waals surface area (Å²) in [5, 5.41) is 11.9. The molecule has 0 aliphatic carbocycles. The Morgan fingerprint density at radius 1 is 1.32 bits per heavy atom. The number of carbonyl (C=O) groups excluding carboxylic acids is 1. The van der Waals surface area contributed by atoms with E-state index < -0.39 is 18.0 Å². The first kappa shape index (κ1) is 22.3. The van der Waals surface area contributed by atoms with Crippen LogP contribution in [-0.4, -0.2) is 71.4 Å². The van der Waals surface area contributed by atoms with Crippen LogP contribution in [0.15, 0.2) is 30.5 Å². The van der Waals surface area contributed by atoms with Crippen LogP contribution in [0.5, 0.6) is 0 Å². The third kappa shape index (κ3) is 5.84. The second kappa shape index (κ2) is 10.1. The quantitative estimate of drug-likeness (QED) is 0.551. The third-order valence-electron chi connectivity index (χ3n) is 4.78. The van der Waals surface area contributed by atoms with Crippen LogP contribution < -0.4 is 10.2 Å². The largest absolute Gasteiger partial charge is 0.465 e. The molecule has 162 valence electrons. The normalized spacial score (nSPS) is 14.2. The molecule has 1 unspecified atom stereocenters. The van der Waals surface area contributed by atoms with Crippen molar-refractivity contribution in [3.05, 3.63) is 46.9 Å². The molecule has 9 nitrogen and oxygen atoms in total. The topological polar surface area (TPSA) is 108 Å². The van der Waals surface area contributed by atoms with E-state index in [0.29, 0.717) is 48.9 Å². The van der Waals surface area contributed by atoms with Gasteiger partial charge in [-0.1, -0.05) is 17.9 Å². The van der Waals surface area contributed by atoms with Gasteiger partial charge in [0.1, 0.15) is 11.9 Å². The lowest BCUT2D eigenvalue weighted by Crippen LogP contribution is -2.42. The number of hydrogen-bond acceptors (Lipinski definition) is 6. The van der Waals surface area contributed by atoms with Crippen LogP contribution in [0.4, 0.5) is 16.3 Å². The van der Waals surface area contributed by atoms with E-state index in [1.54, 1.807) is 30.5 Å². The van der Waals surface area contributed by atoms with Gasteiger partial charge in [0, 0.05) is 37.6 Å². The summed E-state index contributed by atoms with van der Waals surface area (Å²) in [6.45, 7) is 4.09. The van der Waals surface area contributed by atoms with Crippen LogP contribution in [0.1, 0.15) is 18.1 Å². The van der Waals surface area contributed by atoms with Crippen LogP contribution in [-0.2, 0) is 9.53 Å². The molecule has 1 aliphatic heterocycles. The second-order valence-electron chi connectivity index (χ2n) is 6.87. The lowest BCUT2D eigenvalue weighted by molar-refractivity contribution is -0.119. The SMILES string of the molecule is CC(C(=O)Nc1cccc(C#Cc2cnc(Cl)nc2N2CCOCC2)c1)N(C)C(=O)O. The van der Waals surface area contributed by atoms with Gasteiger partial charge in [0.05, 0.1) is 18.8 Å². The highest BCUT2D eigenvalue weighted by molar-refractivity contribution is 6.28. The molecule has 1 aliphatic rings. The molecule has 2 amide bonds. The molecular formula is C21H22ClN5O4. The van der Waals surface area contributed by atoms with E-state index in [4.69, 9.17) is 21.4 Å². The predicted molar refractivity (Wildman–Crippen MR) is 116 cm³/mol. The van der Waals surface area contributed by atoms with E-state index in [-0.39, 0.29) is 5.28 Å². The highest BCUT2D eigenvalue weighted by atomic mass is 35.5. The maximum absolute atomic E-state index is 12.3. The maximum atomic E-state index is 12.3. The van der Waals surface area contributed by atoms with Gasteiger partial charge in [0.2, 0.25) is 11.2 Å². The number of rotatable bonds is 4. The number of carbonyl (C=O) groups is 2. The molecule has 31 heavy (non-hydrogen) atoms. The first-order chi connectivity index (χ1) is 14.8. The molecule has 0 radical (unpaired) electrons. The van der Waals surface area contributed by atoms with Crippen molar-refractivity contribution in [1.29, 1.82) is 0 Å². The van der Waals surface area contributed by atoms with Crippen molar-refractivity contribution >= 4 is 35.1 Å². The Hall–Kier alpha value is -3.35. The van der Waals surface area contributed by atoms with Crippen LogP contribution in [0, 0.1) is 11.8 Å². The summed E-state index contributed by atoms with van der Waals surface area (Å²) >= 11 is 5.98. The maximum Gasteiger partial charge on any atom is 0.407 e. The first-order valence-electron chi connectivity index (χ1n) is 9.59. The van der Waals surface area contributed by atoms with Crippen molar-refractivity contribution in [2.24, 2.45) is 0 Å². The Bertz CT molecular complexity index is 1030. The van der Waals surface area contributed by atoms with Gasteiger partial charge in [0.15, 0.2) is 0 Å². The number of anilines is 2. The van der Waals surface area contributed by atoms with Gasteiger partial charge in [-0.2, -0.15) is 4.98 Å². The van der Waals surface area contributed by atoms with E-state index >= 15 is 0 Å². The van der Waals surface area contributed by atoms with Gasteiger partial charge in [-0.15, -0.1) is 0 Å². The number of hydrogen-bond donors (Lipinski definition) is 2. The number of carboxylic acid groups (broad SMARTS) is 1. The molecule has 0 spiro atoms. The zero-order chi connectivity index (χ0) is 22.4. The minimum Gasteiger partial charge on any atom is -0.465 e. The number of ether oxygens (including phenoxy) is 1. The molecule has 1 atom stereocenters. The Morgan fingerprint density at radius 2 is 2.06 bits per heavy atom. The van der Waals surface area contributed by atoms with Gasteiger partial charge >= 0.3 is 6.09 Å². The Morgan fingerprint density at radius 3 is 2.77 bits per heavy atom. The summed E-state index contributed by atoms with van der Waals surface area (Å²) in [4.78, 5) is 34.7. The first-order valence-corrected chi connectivity index (χ1v) is 9.97. The Kier molecular flexibility index (Phi) is 7.28. The van der Waals surface area contributed by atoms with Gasteiger partial charge in [0.25, 0.3) is 0 Å². The summed E-state index contributed by atoms with van der Waals surface area (Å²) in [6.07, 6.45) is 0.408. The summed E-state index contributed by atoms with van der Waals surface area (Å²) in [5.41, 5.74) is 1.82. The van der Waals surface area contributed by atoms with Gasteiger partial charge in [-0.05, 0) is 36.7 Å². The molecule has 3 rings (SSSR count). The minimum absolute atomic E-state index is 0.150. The molecule has 1 aromatic carbocycles. The molecular weight excluding hydrogens is 422 g/mol. The lowest BCUT2D eigenvalue weighted by atomic mass is 10.1. The molecule has 2 heterocycles. The molecule has 0 bridgehead atoms. The lowest BCUT2D eigenvalue weighted by Gasteiger charge is -2.28. The van der Waals surface area contributed by atoms with Crippen LogP contribution in [0.3, 0.4) is 0 Å². The average molecular weight is 444 g/mol. The number of likely N-dealkylation sites (N-methyl/N-ethyl adjacent to an activating group) is 1. The monoisotopic (exact) mass is 443 g/mol. The number of amides is 2. The highest BCUT2D eigenvalue weighted by Crippen LogP contribution is 2.20. The van der Waals surface area contributed by atoms with E-state index in [2.05, 4.69) is 32.0 Å². The number of morpholine rings is 1. The van der Waals surface area contributed by atoms with Crippen molar-refractivity contribution in [2.75, 3.05) is 43.6 Å². The molecule has 2 aromatic rings. The second-order valence-corrected chi connectivity index (χ2v) is 7.20. The van der Waals surface area contributed by atoms with Crippen LogP contribution in [0.2, 0.25) is 5.28 Å². The molecule has 2 N–H and O–H groups in total. The number of aromatic nitrogens is 2. The summed E-state index contributed by atoms with van der Waals surface area (Å²) < 4.78 is 5.39. The minimum atomic E-state index is -1.18. The highest BCUT2D eigenvalue weighted by Gasteiger charge is 2.22. The van der Waals surface area contributed by atoms with Crippen molar-refractivity contribution < 1.29 is 19.4 Å². The van der Waals surface area contributed by atoms with Gasteiger partial charge in [-0.25, -0.2) is 9.78 Å². The number of nitrogens with one attached hydrogen (secondary N) is 1. The molecule has 0 saturated carbocycles. The zero-order valence-electron chi connectivity index (χ0n) is 17.1. The average Bonchev–Trinajstić information content (AvgIpc) is 2.78. The van der Waals surface area contributed by atoms with E-state index in [1.165, 1.54) is 14.0 Å². The summed E-state index contributed by atoms with van der Waals surface area (Å²) in [7, 11) is 1.34. The van der Waals surface area contributed by atoms with Crippen molar-refractivity contribution in [3.63, 3.8) is 0 Å². The number of halogens is 1. The fourth-order valence-corrected chi connectivity index (χ4v) is 2.99. The Balaban J connectivity index is 1.78. The molecule has 1 fully saturated rings. The fraction of sp³-hybridized carbons (Fsp3) is 0.333. The van der Waals surface area contributed by atoms with Crippen molar-refractivity contribution in [3.8, 4) is 11.8 Å². The van der Waals surface area contributed by atoms with Gasteiger partial charge in [-0.3, -0.25) is 9.69 Å². The summed E-state index contributed by atoms with van der Waals surface area (Å²) in [6, 6.07) is 6.15. The van der Waals surface area contributed by atoms with E-state index in [0.717, 1.165) is 4.90 Å². The smallest absolute Gasteiger partial charge is 0.407 e. The van der Waals surface area contributed by atoms with Crippen molar-refractivity contribution in [2.45, 2.75) is 13.0 Å². The van der Waals surface area contributed by atoms with Crippen LogP contribution >= 0.6 is 11.6 Å². The summed E-state index contributed by atoms with van der Waals surface area (Å²) in [5.74, 6) is 6.36. The number of nitrogens with zero attached hydrogens (tertiary/aromatic N) is 4. The predicted octanol–water partition coefficient (Wildman–Crippen LogP) is 2.30. The van der Waals surface area contributed by atoms with E-state index in [1.807, 2.05) is 0 Å². The molecule has 10 heteroatoms. The standard InChI is InChI=1S/C21H22ClN5O4/c1-14(26(2)21(29)30)19(28)24-17-5-3-4-15(12-17)6-7-16-13-23-20(22)25-18(16)27-8-10-31-11-9-27/h3-5,12-14H,8-11H2,1-2H3,(H,24,28)(H,29,30). The fourth-order valence-electron chi connectivity index (χ4n) is 2.86. The van der Waals surface area contributed by atoms with Crippen molar-refractivity contribution in [1.82, 2.24) is 14.9 Å². The third-order valence-corrected chi connectivity index (χ3v) is 4.97. The molecule has 1 aromatic heterocycles. The van der Waals surface area contributed by atoms with Gasteiger partial charge < -0.3 is 20.1 Å². The zero-order valence-corrected chi connectivity index (χ0v) is 17.9.